The van der Waals surface area contributed by atoms with Crippen molar-refractivity contribution in [3.05, 3.63) is 96.1 Å². The average molecular weight is 602 g/mol. The molecule has 0 saturated carbocycles. The number of nitrogens with two attached hydrogens (primary N) is 1. The molecule has 0 unspecified atom stereocenters. The van der Waals surface area contributed by atoms with Crippen LogP contribution in [-0.4, -0.2) is 68.8 Å². The van der Waals surface area contributed by atoms with Gasteiger partial charge in [-0.1, -0.05) is 18.2 Å². The summed E-state index contributed by atoms with van der Waals surface area (Å²) in [5.74, 6) is -0.745. The summed E-state index contributed by atoms with van der Waals surface area (Å²) in [5.41, 5.74) is 11.6. The Balaban J connectivity index is 1.54. The number of nitrogens with zero attached hydrogens (tertiary/aromatic N) is 2. The third-order valence-corrected chi connectivity index (χ3v) is 8.15. The van der Waals surface area contributed by atoms with Crippen molar-refractivity contribution in [3.63, 3.8) is 0 Å². The first-order chi connectivity index (χ1) is 19.9. The van der Waals surface area contributed by atoms with E-state index in [4.69, 9.17) is 5.73 Å². The van der Waals surface area contributed by atoms with Gasteiger partial charge in [-0.2, -0.15) is 0 Å². The molecular weight excluding hydrogens is 562 g/mol. The maximum atomic E-state index is 13.0. The molecule has 9 nitrogen and oxygen atoms in total. The number of hydrogen-bond donors (Lipinski definition) is 3. The fraction of sp³-hybridized carbons (Fsp3) is 0.212. The molecule has 4 aromatic carbocycles. The second kappa shape index (κ2) is 11.6. The van der Waals surface area contributed by atoms with E-state index >= 15 is 0 Å². The number of hydrogen-bond acceptors (Lipinski definition) is 5. The summed E-state index contributed by atoms with van der Waals surface area (Å²) in [6.07, 6.45) is 1.11. The SMILES string of the molecule is C[N+](C)(C)c1ccc(NC(=O)c2ccc(-c3ccc(C(=O)Nc4ccc([N+](C)(C)C)c(N)c4)cc3)c(S(C)(=O)=O)c2)cc1. The van der Waals surface area contributed by atoms with Crippen LogP contribution in [0.5, 0.6) is 0 Å². The second-order valence-electron chi connectivity index (χ2n) is 12.3. The summed E-state index contributed by atoms with van der Waals surface area (Å²) in [6, 6.07) is 24.1. The number of rotatable bonds is 8. The molecule has 0 radical (unpaired) electrons. The Bertz CT molecular complexity index is 1790. The molecule has 2 amide bonds. The lowest BCUT2D eigenvalue weighted by Gasteiger charge is -2.25. The molecule has 10 heteroatoms. The topological polar surface area (TPSA) is 118 Å². The molecule has 0 bridgehead atoms. The van der Waals surface area contributed by atoms with E-state index in [1.165, 1.54) is 6.07 Å². The zero-order chi connectivity index (χ0) is 31.7. The number of nitrogens with one attached hydrogen (secondary N) is 2. The smallest absolute Gasteiger partial charge is 0.255 e. The van der Waals surface area contributed by atoms with E-state index in [-0.39, 0.29) is 16.4 Å². The van der Waals surface area contributed by atoms with E-state index in [0.29, 0.717) is 42.7 Å². The Morgan fingerprint density at radius 2 is 1.19 bits per heavy atom. The largest absolute Gasteiger partial charge is 0.394 e. The molecule has 0 atom stereocenters. The van der Waals surface area contributed by atoms with Gasteiger partial charge >= 0.3 is 0 Å². The van der Waals surface area contributed by atoms with Gasteiger partial charge in [0.15, 0.2) is 15.5 Å². The molecule has 43 heavy (non-hydrogen) atoms. The van der Waals surface area contributed by atoms with Gasteiger partial charge in [0.2, 0.25) is 0 Å². The minimum Gasteiger partial charge on any atom is -0.394 e. The van der Waals surface area contributed by atoms with E-state index in [1.54, 1.807) is 48.5 Å². The highest BCUT2D eigenvalue weighted by atomic mass is 32.2. The van der Waals surface area contributed by atoms with Gasteiger partial charge in [-0.3, -0.25) is 18.6 Å². The zero-order valence-corrected chi connectivity index (χ0v) is 26.4. The van der Waals surface area contributed by atoms with Crippen LogP contribution >= 0.6 is 0 Å². The maximum Gasteiger partial charge on any atom is 0.255 e. The van der Waals surface area contributed by atoms with Crippen LogP contribution in [0.3, 0.4) is 0 Å². The van der Waals surface area contributed by atoms with Crippen LogP contribution in [0, 0.1) is 0 Å². The van der Waals surface area contributed by atoms with Gasteiger partial charge in [-0.05, 0) is 54.1 Å². The van der Waals surface area contributed by atoms with Crippen molar-refractivity contribution >= 4 is 50.1 Å². The number of nitrogen functional groups attached to an aromatic ring is 1. The molecular formula is C33H39N5O4S+2. The van der Waals surface area contributed by atoms with Gasteiger partial charge in [0.1, 0.15) is 5.69 Å². The molecule has 0 aliphatic carbocycles. The van der Waals surface area contributed by atoms with Crippen LogP contribution in [-0.2, 0) is 9.84 Å². The summed E-state index contributed by atoms with van der Waals surface area (Å²) in [5, 5.41) is 5.69. The standard InChI is InChI=1S/C33H37N5O4S/c1-37(2,3)27-16-13-25(14-17-27)35-33(40)24-12-18-28(31(20-24)43(7,41)42)22-8-10-23(11-9-22)32(39)36-26-15-19-30(29(34)21-26)38(4,5)6/h8-21H,34H2,1-7H3/p+2. The second-order valence-corrected chi connectivity index (χ2v) is 14.3. The van der Waals surface area contributed by atoms with Crippen molar-refractivity contribution in [2.24, 2.45) is 0 Å². The highest BCUT2D eigenvalue weighted by Gasteiger charge is 2.20. The quantitative estimate of drug-likeness (QED) is 0.189. The Morgan fingerprint density at radius 1 is 0.651 bits per heavy atom. The number of anilines is 3. The third-order valence-electron chi connectivity index (χ3n) is 7.01. The predicted molar refractivity (Wildman–Crippen MR) is 177 cm³/mol. The lowest BCUT2D eigenvalue weighted by molar-refractivity contribution is 0.101. The molecule has 4 aromatic rings. The number of benzene rings is 4. The van der Waals surface area contributed by atoms with Crippen LogP contribution in [0.15, 0.2) is 89.8 Å². The maximum absolute atomic E-state index is 13.0. The van der Waals surface area contributed by atoms with Gasteiger partial charge in [-0.25, -0.2) is 8.42 Å². The van der Waals surface area contributed by atoms with Crippen molar-refractivity contribution < 1.29 is 18.0 Å². The first-order valence-electron chi connectivity index (χ1n) is 13.6. The van der Waals surface area contributed by atoms with Gasteiger partial charge in [0.05, 0.1) is 52.9 Å². The predicted octanol–water partition coefficient (Wildman–Crippen LogP) is 5.24. The van der Waals surface area contributed by atoms with E-state index in [1.807, 2.05) is 72.6 Å². The average Bonchev–Trinajstić information content (AvgIpc) is 2.91. The summed E-state index contributed by atoms with van der Waals surface area (Å²) < 4.78 is 26.7. The van der Waals surface area contributed by atoms with Crippen LogP contribution in [0.1, 0.15) is 20.7 Å². The van der Waals surface area contributed by atoms with Crippen LogP contribution in [0.4, 0.5) is 28.4 Å². The van der Waals surface area contributed by atoms with E-state index in [9.17, 15) is 18.0 Å². The van der Waals surface area contributed by atoms with E-state index in [2.05, 4.69) is 10.6 Å². The Labute approximate surface area is 253 Å². The summed E-state index contributed by atoms with van der Waals surface area (Å²) >= 11 is 0. The highest BCUT2D eigenvalue weighted by Crippen LogP contribution is 2.31. The molecule has 4 rings (SSSR count). The number of amides is 2. The van der Waals surface area contributed by atoms with Gasteiger partial charge in [0, 0.05) is 52.5 Å². The fourth-order valence-corrected chi connectivity index (χ4v) is 5.58. The third kappa shape index (κ3) is 7.47. The van der Waals surface area contributed by atoms with Crippen molar-refractivity contribution in [1.82, 2.24) is 8.97 Å². The minimum atomic E-state index is -3.69. The lowest BCUT2D eigenvalue weighted by Crippen LogP contribution is -2.35. The Hall–Kier alpha value is -4.51. The van der Waals surface area contributed by atoms with Gasteiger partial charge in [0.25, 0.3) is 11.8 Å². The van der Waals surface area contributed by atoms with E-state index < -0.39 is 15.7 Å². The lowest BCUT2D eigenvalue weighted by atomic mass is 10.0. The van der Waals surface area contributed by atoms with Crippen LogP contribution < -0.4 is 25.3 Å². The number of carbonyl (C=O) groups excluding carboxylic acids is 2. The summed E-state index contributed by atoms with van der Waals surface area (Å²) in [7, 11) is 8.48. The zero-order valence-electron chi connectivity index (χ0n) is 25.6. The highest BCUT2D eigenvalue weighted by molar-refractivity contribution is 7.90. The molecule has 0 aliphatic heterocycles. The molecule has 4 N–H and O–H groups in total. The number of quaternary nitrogens is 2. The number of carbonyl (C=O) groups is 2. The summed E-state index contributed by atoms with van der Waals surface area (Å²) in [4.78, 5) is 26.0. The Morgan fingerprint density at radius 3 is 1.72 bits per heavy atom. The Kier molecular flexibility index (Phi) is 8.51. The molecule has 0 fully saturated rings. The normalized spacial score (nSPS) is 12.1. The van der Waals surface area contributed by atoms with Crippen molar-refractivity contribution in [2.75, 3.05) is 64.9 Å². The molecule has 0 aliphatic rings. The first-order valence-corrected chi connectivity index (χ1v) is 15.5. The van der Waals surface area contributed by atoms with Crippen molar-refractivity contribution in [3.8, 4) is 11.1 Å². The molecule has 0 aromatic heterocycles. The van der Waals surface area contributed by atoms with Crippen molar-refractivity contribution in [2.45, 2.75) is 4.90 Å². The van der Waals surface area contributed by atoms with Gasteiger partial charge in [-0.15, -0.1) is 0 Å². The molecule has 224 valence electrons. The van der Waals surface area contributed by atoms with Crippen LogP contribution in [0.2, 0.25) is 0 Å². The van der Waals surface area contributed by atoms with Crippen molar-refractivity contribution in [1.29, 1.82) is 0 Å². The molecule has 0 heterocycles. The first kappa shape index (κ1) is 31.4. The monoisotopic (exact) mass is 601 g/mol. The molecule has 0 spiro atoms. The summed E-state index contributed by atoms with van der Waals surface area (Å²) in [6.45, 7) is 0. The van der Waals surface area contributed by atoms with Crippen LogP contribution in [0.25, 0.3) is 11.1 Å². The molecule has 0 saturated heterocycles. The fourth-order valence-electron chi connectivity index (χ4n) is 4.65. The van der Waals surface area contributed by atoms with E-state index in [0.717, 1.165) is 17.6 Å². The van der Waals surface area contributed by atoms with Gasteiger partial charge < -0.3 is 16.4 Å². The number of sulfone groups is 1. The minimum absolute atomic E-state index is 0.0190.